The Hall–Kier alpha value is -5.12. The average molecular weight is 574 g/mol. The SMILES string of the molecule is Clc1cc(-c2ccccc2)cc(-c2nc(-c3ccc(C4=CCCC=C4)cc3)nc(-c3ccc(-c4ccccc4)cc3)n2)c1. The maximum absolute atomic E-state index is 6.65. The molecule has 0 amide bonds. The number of rotatable bonds is 6. The van der Waals surface area contributed by atoms with Crippen molar-refractivity contribution in [2.75, 3.05) is 0 Å². The molecule has 1 aromatic heterocycles. The lowest BCUT2D eigenvalue weighted by Crippen LogP contribution is -2.00. The van der Waals surface area contributed by atoms with Crippen molar-refractivity contribution in [2.45, 2.75) is 12.8 Å². The van der Waals surface area contributed by atoms with E-state index in [1.807, 2.05) is 36.4 Å². The number of benzene rings is 5. The lowest BCUT2D eigenvalue weighted by molar-refractivity contribution is 1.04. The van der Waals surface area contributed by atoms with Crippen molar-refractivity contribution >= 4 is 17.2 Å². The van der Waals surface area contributed by atoms with Crippen LogP contribution >= 0.6 is 11.6 Å². The molecule has 0 atom stereocenters. The third-order valence-corrected chi connectivity index (χ3v) is 7.84. The van der Waals surface area contributed by atoms with Crippen molar-refractivity contribution in [1.29, 1.82) is 0 Å². The van der Waals surface area contributed by atoms with E-state index in [4.69, 9.17) is 26.6 Å². The molecule has 0 saturated carbocycles. The molecule has 3 nitrogen and oxygen atoms in total. The Labute approximate surface area is 256 Å². The van der Waals surface area contributed by atoms with E-state index >= 15 is 0 Å². The fraction of sp³-hybridized carbons (Fsp3) is 0.0513. The number of allylic oxidation sites excluding steroid dienone is 4. The van der Waals surface area contributed by atoms with Gasteiger partial charge in [-0.3, -0.25) is 0 Å². The van der Waals surface area contributed by atoms with Crippen molar-refractivity contribution in [3.63, 3.8) is 0 Å². The largest absolute Gasteiger partial charge is 0.208 e. The standard InChI is InChI=1S/C39H28ClN3/c40-36-25-34(29-14-8-3-9-15-29)24-35(26-36)39-42-37(32-20-16-30(17-21-32)27-10-4-1-5-11-27)41-38(43-39)33-22-18-31(19-23-33)28-12-6-2-7-13-28/h1,3-6,8-26H,2,7H2. The van der Waals surface area contributed by atoms with Crippen LogP contribution in [0.3, 0.4) is 0 Å². The fourth-order valence-electron chi connectivity index (χ4n) is 5.36. The molecule has 206 valence electrons. The van der Waals surface area contributed by atoms with Crippen LogP contribution in [-0.2, 0) is 0 Å². The minimum atomic E-state index is 0.578. The minimum absolute atomic E-state index is 0.578. The summed E-state index contributed by atoms with van der Waals surface area (Å²) in [5, 5.41) is 0.630. The van der Waals surface area contributed by atoms with Gasteiger partial charge in [-0.05, 0) is 64.4 Å². The maximum Gasteiger partial charge on any atom is 0.164 e. The monoisotopic (exact) mass is 573 g/mol. The van der Waals surface area contributed by atoms with Gasteiger partial charge in [-0.1, -0.05) is 139 Å². The van der Waals surface area contributed by atoms with Crippen LogP contribution in [0.5, 0.6) is 0 Å². The minimum Gasteiger partial charge on any atom is -0.208 e. The summed E-state index contributed by atoms with van der Waals surface area (Å²) >= 11 is 6.65. The molecule has 43 heavy (non-hydrogen) atoms. The summed E-state index contributed by atoms with van der Waals surface area (Å²) < 4.78 is 0. The molecule has 1 heterocycles. The van der Waals surface area contributed by atoms with E-state index < -0.39 is 0 Å². The first kappa shape index (κ1) is 26.8. The number of halogens is 1. The van der Waals surface area contributed by atoms with Crippen LogP contribution in [0.15, 0.2) is 146 Å². The molecule has 0 N–H and O–H groups in total. The smallest absolute Gasteiger partial charge is 0.164 e. The Morgan fingerprint density at radius 2 is 0.884 bits per heavy atom. The highest BCUT2D eigenvalue weighted by atomic mass is 35.5. The molecular formula is C39H28ClN3. The first-order chi connectivity index (χ1) is 21.2. The molecule has 0 radical (unpaired) electrons. The quantitative estimate of drug-likeness (QED) is 0.199. The van der Waals surface area contributed by atoms with E-state index in [0.717, 1.165) is 46.2 Å². The molecule has 0 saturated heterocycles. The lowest BCUT2D eigenvalue weighted by atomic mass is 9.98. The molecule has 0 fully saturated rings. The summed E-state index contributed by atoms with van der Waals surface area (Å²) in [4.78, 5) is 14.9. The normalized spacial score (nSPS) is 12.6. The van der Waals surface area contributed by atoms with Crippen LogP contribution < -0.4 is 0 Å². The highest BCUT2D eigenvalue weighted by molar-refractivity contribution is 6.31. The maximum atomic E-state index is 6.65. The molecule has 0 aliphatic heterocycles. The predicted octanol–water partition coefficient (Wildman–Crippen LogP) is 10.6. The topological polar surface area (TPSA) is 38.7 Å². The van der Waals surface area contributed by atoms with E-state index in [-0.39, 0.29) is 0 Å². The van der Waals surface area contributed by atoms with Gasteiger partial charge in [-0.2, -0.15) is 0 Å². The summed E-state index contributed by atoms with van der Waals surface area (Å²) in [5.74, 6) is 1.81. The van der Waals surface area contributed by atoms with Gasteiger partial charge in [0.15, 0.2) is 17.5 Å². The molecule has 4 heteroatoms. The summed E-state index contributed by atoms with van der Waals surface area (Å²) in [6, 6.07) is 43.4. The lowest BCUT2D eigenvalue weighted by Gasteiger charge is -2.12. The number of nitrogens with zero attached hydrogens (tertiary/aromatic N) is 3. The van der Waals surface area contributed by atoms with Crippen molar-refractivity contribution in [3.8, 4) is 56.4 Å². The number of hydrogen-bond donors (Lipinski definition) is 0. The zero-order valence-corrected chi connectivity index (χ0v) is 24.2. The third-order valence-electron chi connectivity index (χ3n) is 7.62. The number of aromatic nitrogens is 3. The molecule has 6 aromatic rings. The second-order valence-corrected chi connectivity index (χ2v) is 11.0. The molecule has 1 aliphatic rings. The van der Waals surface area contributed by atoms with Crippen LogP contribution in [0.4, 0.5) is 0 Å². The number of hydrogen-bond acceptors (Lipinski definition) is 3. The van der Waals surface area contributed by atoms with Crippen molar-refractivity contribution < 1.29 is 0 Å². The Kier molecular flexibility index (Phi) is 7.47. The second kappa shape index (κ2) is 12.0. The second-order valence-electron chi connectivity index (χ2n) is 10.6. The summed E-state index contributed by atoms with van der Waals surface area (Å²) in [6.45, 7) is 0. The Balaban J connectivity index is 1.33. The van der Waals surface area contributed by atoms with Gasteiger partial charge in [0, 0.05) is 21.7 Å². The van der Waals surface area contributed by atoms with Gasteiger partial charge < -0.3 is 0 Å². The molecular weight excluding hydrogens is 546 g/mol. The summed E-state index contributed by atoms with van der Waals surface area (Å²) in [5.41, 5.74) is 9.53. The van der Waals surface area contributed by atoms with Gasteiger partial charge in [0.25, 0.3) is 0 Å². The average Bonchev–Trinajstić information content (AvgIpc) is 3.09. The van der Waals surface area contributed by atoms with Crippen LogP contribution in [-0.4, -0.2) is 15.0 Å². The highest BCUT2D eigenvalue weighted by Crippen LogP contribution is 2.32. The Morgan fingerprint density at radius 3 is 1.44 bits per heavy atom. The predicted molar refractivity (Wildman–Crippen MR) is 178 cm³/mol. The van der Waals surface area contributed by atoms with Gasteiger partial charge in [0.05, 0.1) is 0 Å². The molecule has 0 spiro atoms. The van der Waals surface area contributed by atoms with Crippen LogP contribution in [0, 0.1) is 0 Å². The van der Waals surface area contributed by atoms with Gasteiger partial charge in [-0.15, -0.1) is 0 Å². The zero-order chi connectivity index (χ0) is 29.0. The first-order valence-electron chi connectivity index (χ1n) is 14.5. The Bertz CT molecular complexity index is 1940. The van der Waals surface area contributed by atoms with E-state index in [0.29, 0.717) is 22.5 Å². The summed E-state index contributed by atoms with van der Waals surface area (Å²) in [7, 11) is 0. The molecule has 0 bridgehead atoms. The molecule has 1 aliphatic carbocycles. The molecule has 0 unspecified atom stereocenters. The van der Waals surface area contributed by atoms with Gasteiger partial charge in [0.2, 0.25) is 0 Å². The van der Waals surface area contributed by atoms with Crippen molar-refractivity contribution in [3.05, 3.63) is 156 Å². The summed E-state index contributed by atoms with van der Waals surface area (Å²) in [6.07, 6.45) is 8.88. The molecule has 5 aromatic carbocycles. The highest BCUT2D eigenvalue weighted by Gasteiger charge is 2.15. The fourth-order valence-corrected chi connectivity index (χ4v) is 5.60. The van der Waals surface area contributed by atoms with Crippen molar-refractivity contribution in [1.82, 2.24) is 15.0 Å². The third kappa shape index (κ3) is 5.94. The van der Waals surface area contributed by atoms with Crippen LogP contribution in [0.2, 0.25) is 5.02 Å². The molecule has 7 rings (SSSR count). The van der Waals surface area contributed by atoms with E-state index in [2.05, 4.69) is 109 Å². The zero-order valence-electron chi connectivity index (χ0n) is 23.5. The van der Waals surface area contributed by atoms with Gasteiger partial charge >= 0.3 is 0 Å². The van der Waals surface area contributed by atoms with Crippen LogP contribution in [0.25, 0.3) is 62.0 Å². The van der Waals surface area contributed by atoms with E-state index in [1.54, 1.807) is 0 Å². The van der Waals surface area contributed by atoms with Gasteiger partial charge in [0.1, 0.15) is 0 Å². The van der Waals surface area contributed by atoms with E-state index in [1.165, 1.54) is 16.7 Å². The Morgan fingerprint density at radius 1 is 0.419 bits per heavy atom. The van der Waals surface area contributed by atoms with E-state index in [9.17, 15) is 0 Å². The van der Waals surface area contributed by atoms with Crippen LogP contribution in [0.1, 0.15) is 18.4 Å². The first-order valence-corrected chi connectivity index (χ1v) is 14.8. The van der Waals surface area contributed by atoms with Crippen molar-refractivity contribution in [2.24, 2.45) is 0 Å². The van der Waals surface area contributed by atoms with Gasteiger partial charge in [-0.25, -0.2) is 15.0 Å².